The Balaban J connectivity index is 1.73. The van der Waals surface area contributed by atoms with Crippen molar-refractivity contribution >= 4 is 23.4 Å². The van der Waals surface area contributed by atoms with Crippen LogP contribution >= 0.6 is 11.8 Å². The zero-order chi connectivity index (χ0) is 16.0. The van der Waals surface area contributed by atoms with Crippen molar-refractivity contribution in [3.05, 3.63) is 29.8 Å². The van der Waals surface area contributed by atoms with Crippen LogP contribution in [0.1, 0.15) is 50.4 Å². The molecule has 1 amide bonds. The molecule has 0 saturated heterocycles. The number of nitrogens with one attached hydrogen (secondary N) is 1. The summed E-state index contributed by atoms with van der Waals surface area (Å²) in [5, 5.41) is 4.50. The van der Waals surface area contributed by atoms with Gasteiger partial charge in [-0.2, -0.15) is 5.10 Å². The maximum Gasteiger partial charge on any atom is 0.271 e. The summed E-state index contributed by atoms with van der Waals surface area (Å²) in [6, 6.07) is 7.64. The number of hydrogen-bond acceptors (Lipinski definition) is 3. The molecule has 4 heteroatoms. The van der Waals surface area contributed by atoms with Crippen molar-refractivity contribution in [3.8, 4) is 0 Å². The first kappa shape index (κ1) is 15.6. The molecule has 0 unspecified atom stereocenters. The largest absolute Gasteiger partial charge is 0.271 e. The lowest BCUT2D eigenvalue weighted by Crippen LogP contribution is -2.34. The second-order valence-corrected chi connectivity index (χ2v) is 8.10. The van der Waals surface area contributed by atoms with E-state index in [0.29, 0.717) is 11.5 Å². The van der Waals surface area contributed by atoms with Crippen molar-refractivity contribution < 1.29 is 4.79 Å². The Morgan fingerprint density at radius 3 is 2.45 bits per heavy atom. The van der Waals surface area contributed by atoms with Crippen LogP contribution in [0.2, 0.25) is 0 Å². The minimum Gasteiger partial charge on any atom is -0.267 e. The van der Waals surface area contributed by atoms with Crippen LogP contribution in [0.4, 0.5) is 0 Å². The van der Waals surface area contributed by atoms with E-state index in [9.17, 15) is 4.79 Å². The summed E-state index contributed by atoms with van der Waals surface area (Å²) >= 11 is 1.67. The first-order valence-electron chi connectivity index (χ1n) is 7.90. The van der Waals surface area contributed by atoms with Crippen LogP contribution in [-0.4, -0.2) is 17.9 Å². The van der Waals surface area contributed by atoms with Crippen LogP contribution in [0.25, 0.3) is 0 Å². The molecule has 1 aromatic carbocycles. The zero-order valence-electron chi connectivity index (χ0n) is 13.8. The van der Waals surface area contributed by atoms with Crippen LogP contribution in [0.15, 0.2) is 34.3 Å². The number of nitrogens with zero attached hydrogens (tertiary/aromatic N) is 1. The van der Waals surface area contributed by atoms with Gasteiger partial charge in [0.15, 0.2) is 0 Å². The fourth-order valence-electron chi connectivity index (χ4n) is 4.02. The van der Waals surface area contributed by atoms with Crippen molar-refractivity contribution in [2.24, 2.45) is 21.8 Å². The van der Waals surface area contributed by atoms with E-state index in [-0.39, 0.29) is 16.7 Å². The Morgan fingerprint density at radius 1 is 1.27 bits per heavy atom. The Labute approximate surface area is 136 Å². The number of rotatable bonds is 3. The topological polar surface area (TPSA) is 41.5 Å². The molecule has 2 bridgehead atoms. The van der Waals surface area contributed by atoms with E-state index in [0.717, 1.165) is 11.3 Å². The van der Waals surface area contributed by atoms with Crippen LogP contribution in [0, 0.1) is 16.7 Å². The monoisotopic (exact) mass is 316 g/mol. The van der Waals surface area contributed by atoms with E-state index in [2.05, 4.69) is 31.3 Å². The molecule has 1 aromatic rings. The predicted molar refractivity (Wildman–Crippen MR) is 92.4 cm³/mol. The van der Waals surface area contributed by atoms with Gasteiger partial charge in [0.25, 0.3) is 5.91 Å². The minimum atomic E-state index is -0.121. The highest BCUT2D eigenvalue weighted by Crippen LogP contribution is 2.63. The van der Waals surface area contributed by atoms with Gasteiger partial charge in [0.2, 0.25) is 0 Å². The van der Waals surface area contributed by atoms with Crippen LogP contribution in [0.3, 0.4) is 0 Å². The van der Waals surface area contributed by atoms with Gasteiger partial charge in [0.1, 0.15) is 0 Å². The maximum absolute atomic E-state index is 12.2. The first-order chi connectivity index (χ1) is 10.4. The number of carbonyl (C=O) groups is 1. The number of hydrazone groups is 1. The normalized spacial score (nSPS) is 30.7. The van der Waals surface area contributed by atoms with E-state index in [1.54, 1.807) is 11.8 Å². The average Bonchev–Trinajstić information content (AvgIpc) is 2.85. The molecule has 0 aromatic heterocycles. The summed E-state index contributed by atoms with van der Waals surface area (Å²) in [6.07, 6.45) is 5.52. The number of hydrogen-bond donors (Lipinski definition) is 1. The quantitative estimate of drug-likeness (QED) is 0.665. The summed E-state index contributed by atoms with van der Waals surface area (Å²) in [6.45, 7) is 6.99. The number of carbonyl (C=O) groups excluding carboxylic acids is 1. The van der Waals surface area contributed by atoms with Gasteiger partial charge in [0.05, 0.1) is 0 Å². The third-order valence-corrected chi connectivity index (χ3v) is 6.90. The minimum absolute atomic E-state index is 0.121. The predicted octanol–water partition coefficient (Wildman–Crippen LogP) is 4.34. The molecule has 2 aliphatic carbocycles. The zero-order valence-corrected chi connectivity index (χ0v) is 14.6. The van der Waals surface area contributed by atoms with Gasteiger partial charge in [-0.05, 0) is 61.1 Å². The van der Waals surface area contributed by atoms with E-state index < -0.39 is 0 Å². The third-order valence-electron chi connectivity index (χ3n) is 6.16. The smallest absolute Gasteiger partial charge is 0.267 e. The lowest BCUT2D eigenvalue weighted by molar-refractivity contribution is 0.0954. The second-order valence-electron chi connectivity index (χ2n) is 7.22. The molecule has 2 atom stereocenters. The summed E-state index contributed by atoms with van der Waals surface area (Å²) < 4.78 is 0. The van der Waals surface area contributed by atoms with Gasteiger partial charge in [-0.1, -0.05) is 20.8 Å². The molecule has 118 valence electrons. The van der Waals surface area contributed by atoms with Gasteiger partial charge >= 0.3 is 0 Å². The molecule has 2 saturated carbocycles. The SMILES string of the molecule is CSc1ccc(C(=O)N/N=C2/C[C@@H]3CC[C@@]2(C)C3(C)C)cc1. The number of fused-ring (bicyclic) bond motifs is 2. The van der Waals surface area contributed by atoms with Gasteiger partial charge in [-0.15, -0.1) is 11.8 Å². The molecule has 2 fully saturated rings. The molecule has 3 rings (SSSR count). The lowest BCUT2D eigenvalue weighted by atomic mass is 9.70. The fraction of sp³-hybridized carbons (Fsp3) is 0.556. The Hall–Kier alpha value is -1.29. The Bertz CT molecular complexity index is 620. The highest BCUT2D eigenvalue weighted by atomic mass is 32.2. The van der Waals surface area contributed by atoms with Crippen LogP contribution in [-0.2, 0) is 0 Å². The molecule has 2 aliphatic rings. The number of thioether (sulfide) groups is 1. The van der Waals surface area contributed by atoms with Crippen molar-refractivity contribution in [2.75, 3.05) is 6.26 Å². The summed E-state index contributed by atoms with van der Waals surface area (Å²) in [7, 11) is 0. The standard InChI is InChI=1S/C18H24N2OS/c1-17(2)13-9-10-18(17,3)15(11-13)19-20-16(21)12-5-7-14(22-4)8-6-12/h5-8,13H,9-11H2,1-4H3,(H,20,21)/b19-15-/t13-,18+/m0/s1. The molecule has 0 heterocycles. The van der Waals surface area contributed by atoms with Gasteiger partial charge < -0.3 is 0 Å². The molecule has 22 heavy (non-hydrogen) atoms. The Morgan fingerprint density at radius 2 is 1.95 bits per heavy atom. The van der Waals surface area contributed by atoms with Crippen molar-refractivity contribution in [2.45, 2.75) is 44.9 Å². The molecule has 0 radical (unpaired) electrons. The van der Waals surface area contributed by atoms with Crippen LogP contribution < -0.4 is 5.43 Å². The molecule has 1 N–H and O–H groups in total. The van der Waals surface area contributed by atoms with Gasteiger partial charge in [-0.3, -0.25) is 4.79 Å². The van der Waals surface area contributed by atoms with Crippen LogP contribution in [0.5, 0.6) is 0 Å². The highest BCUT2D eigenvalue weighted by molar-refractivity contribution is 7.98. The van der Waals surface area contributed by atoms with Crippen molar-refractivity contribution in [3.63, 3.8) is 0 Å². The molecule has 0 aliphatic heterocycles. The summed E-state index contributed by atoms with van der Waals surface area (Å²) in [5.74, 6) is 0.582. The summed E-state index contributed by atoms with van der Waals surface area (Å²) in [5.41, 5.74) is 5.02. The van der Waals surface area contributed by atoms with Crippen molar-refractivity contribution in [1.29, 1.82) is 0 Å². The lowest BCUT2D eigenvalue weighted by Gasteiger charge is -2.34. The summed E-state index contributed by atoms with van der Waals surface area (Å²) in [4.78, 5) is 13.4. The van der Waals surface area contributed by atoms with E-state index in [1.807, 2.05) is 30.5 Å². The molecule has 3 nitrogen and oxygen atoms in total. The van der Waals surface area contributed by atoms with E-state index >= 15 is 0 Å². The number of benzene rings is 1. The van der Waals surface area contributed by atoms with Gasteiger partial charge in [-0.25, -0.2) is 5.43 Å². The second kappa shape index (κ2) is 5.41. The fourth-order valence-corrected chi connectivity index (χ4v) is 4.43. The Kier molecular flexibility index (Phi) is 3.84. The highest BCUT2D eigenvalue weighted by Gasteiger charge is 2.59. The number of amides is 1. The van der Waals surface area contributed by atoms with Crippen molar-refractivity contribution in [1.82, 2.24) is 5.43 Å². The first-order valence-corrected chi connectivity index (χ1v) is 9.12. The maximum atomic E-state index is 12.2. The molecule has 0 spiro atoms. The average molecular weight is 316 g/mol. The van der Waals surface area contributed by atoms with E-state index in [4.69, 9.17) is 0 Å². The van der Waals surface area contributed by atoms with E-state index in [1.165, 1.54) is 18.6 Å². The van der Waals surface area contributed by atoms with Gasteiger partial charge in [0, 0.05) is 21.6 Å². The molecular weight excluding hydrogens is 292 g/mol. The molecular formula is C18H24N2OS. The third kappa shape index (κ3) is 2.28.